The Bertz CT molecular complexity index is 1160. The molecule has 1 aromatic heterocycles. The first-order valence-corrected chi connectivity index (χ1v) is 13.1. The maximum atomic E-state index is 13.6. The van der Waals surface area contributed by atoms with E-state index in [1.165, 1.54) is 16.2 Å². The van der Waals surface area contributed by atoms with Gasteiger partial charge in [-0.2, -0.15) is 0 Å². The molecule has 194 valence electrons. The molecule has 2 atom stereocenters. The van der Waals surface area contributed by atoms with E-state index < -0.39 is 6.04 Å². The van der Waals surface area contributed by atoms with Crippen molar-refractivity contribution in [3.05, 3.63) is 88.1 Å². The summed E-state index contributed by atoms with van der Waals surface area (Å²) in [5.74, 6) is -0.305. The molecule has 2 aromatic carbocycles. The van der Waals surface area contributed by atoms with Crippen molar-refractivity contribution in [1.82, 2.24) is 15.5 Å². The molecular formula is C28H31N3O5S. The van der Waals surface area contributed by atoms with Gasteiger partial charge in [-0.05, 0) is 47.5 Å². The van der Waals surface area contributed by atoms with Gasteiger partial charge in [-0.1, -0.05) is 48.5 Å². The van der Waals surface area contributed by atoms with E-state index in [0.29, 0.717) is 29.3 Å². The summed E-state index contributed by atoms with van der Waals surface area (Å²) in [6.45, 7) is 0.996. The average Bonchev–Trinajstić information content (AvgIpc) is 3.66. The van der Waals surface area contributed by atoms with Crippen LogP contribution in [0.5, 0.6) is 5.75 Å². The van der Waals surface area contributed by atoms with Gasteiger partial charge in [0.15, 0.2) is 0 Å². The molecule has 0 spiro atoms. The summed E-state index contributed by atoms with van der Waals surface area (Å²) in [5, 5.41) is 7.49. The van der Waals surface area contributed by atoms with Crippen molar-refractivity contribution >= 4 is 29.1 Å². The maximum absolute atomic E-state index is 13.6. The van der Waals surface area contributed by atoms with E-state index in [0.717, 1.165) is 18.4 Å². The Morgan fingerprint density at radius 1 is 1.05 bits per heavy atom. The number of nitrogens with one attached hydrogen (secondary N) is 2. The molecule has 4 rings (SSSR count). The Morgan fingerprint density at radius 3 is 2.49 bits per heavy atom. The minimum atomic E-state index is -0.893. The van der Waals surface area contributed by atoms with Gasteiger partial charge in [-0.25, -0.2) is 0 Å². The second-order valence-electron chi connectivity index (χ2n) is 8.72. The topological polar surface area (TPSA) is 97.0 Å². The summed E-state index contributed by atoms with van der Waals surface area (Å²) in [5.41, 5.74) is 1.50. The molecule has 1 aliphatic rings. The third kappa shape index (κ3) is 7.18. The second kappa shape index (κ2) is 13.0. The van der Waals surface area contributed by atoms with Gasteiger partial charge in [0.1, 0.15) is 11.8 Å². The van der Waals surface area contributed by atoms with Crippen LogP contribution in [0.1, 0.15) is 39.7 Å². The van der Waals surface area contributed by atoms with E-state index in [1.54, 1.807) is 24.6 Å². The number of benzene rings is 2. The van der Waals surface area contributed by atoms with Gasteiger partial charge < -0.3 is 25.0 Å². The number of carbonyl (C=O) groups is 3. The summed E-state index contributed by atoms with van der Waals surface area (Å²) < 4.78 is 10.9. The molecule has 9 heteroatoms. The summed E-state index contributed by atoms with van der Waals surface area (Å²) in [6.07, 6.45) is 1.82. The highest BCUT2D eigenvalue weighted by Gasteiger charge is 2.32. The Hall–Kier alpha value is -3.69. The van der Waals surface area contributed by atoms with Gasteiger partial charge >= 0.3 is 0 Å². The van der Waals surface area contributed by atoms with Crippen LogP contribution in [-0.2, 0) is 20.9 Å². The van der Waals surface area contributed by atoms with Gasteiger partial charge in [-0.3, -0.25) is 14.4 Å². The third-order valence-electron chi connectivity index (χ3n) is 6.18. The molecule has 3 aromatic rings. The number of hydrogen-bond acceptors (Lipinski definition) is 6. The Balaban J connectivity index is 1.59. The molecular weight excluding hydrogens is 490 g/mol. The van der Waals surface area contributed by atoms with Crippen molar-refractivity contribution in [3.63, 3.8) is 0 Å². The van der Waals surface area contributed by atoms with Gasteiger partial charge in [-0.15, -0.1) is 11.3 Å². The van der Waals surface area contributed by atoms with E-state index >= 15 is 0 Å². The summed E-state index contributed by atoms with van der Waals surface area (Å²) in [6, 6.07) is 19.1. The lowest BCUT2D eigenvalue weighted by molar-refractivity contribution is -0.141. The molecule has 0 unspecified atom stereocenters. The molecule has 37 heavy (non-hydrogen) atoms. The number of hydrogen-bond donors (Lipinski definition) is 2. The zero-order valence-electron chi connectivity index (χ0n) is 20.7. The molecule has 2 N–H and O–H groups in total. The monoisotopic (exact) mass is 521 g/mol. The number of carbonyl (C=O) groups excluding carboxylic acids is 3. The highest BCUT2D eigenvalue weighted by Crippen LogP contribution is 2.25. The van der Waals surface area contributed by atoms with Crippen molar-refractivity contribution in [2.45, 2.75) is 31.5 Å². The van der Waals surface area contributed by atoms with Crippen LogP contribution in [0.3, 0.4) is 0 Å². The number of nitrogens with zero attached hydrogens (tertiary/aromatic N) is 1. The molecule has 0 saturated carbocycles. The van der Waals surface area contributed by atoms with Crippen molar-refractivity contribution in [1.29, 1.82) is 0 Å². The van der Waals surface area contributed by atoms with Gasteiger partial charge in [0.2, 0.25) is 11.8 Å². The number of methoxy groups -OCH3 is 1. The predicted octanol–water partition coefficient (Wildman–Crippen LogP) is 3.55. The molecule has 0 bridgehead atoms. The summed E-state index contributed by atoms with van der Waals surface area (Å²) in [7, 11) is 1.59. The zero-order valence-corrected chi connectivity index (χ0v) is 21.5. The standard InChI is InChI=1S/C28H31N3O5S/c1-35-22-13-11-20(12-14-22)19-31(25(32)18-30-27(33)24-10-6-16-37-24)26(21-7-3-2-4-8-21)28(34)29-17-23-9-5-15-36-23/h2-4,6-8,10-14,16,23,26H,5,9,15,17-19H2,1H3,(H,29,34)(H,30,33)/t23-,26-/m1/s1. The molecule has 0 aliphatic carbocycles. The van der Waals surface area contributed by atoms with Crippen molar-refractivity contribution in [2.75, 3.05) is 26.8 Å². The minimum absolute atomic E-state index is 0.0313. The number of amides is 3. The van der Waals surface area contributed by atoms with Crippen LogP contribution < -0.4 is 15.4 Å². The van der Waals surface area contributed by atoms with Crippen LogP contribution in [-0.4, -0.2) is 55.5 Å². The van der Waals surface area contributed by atoms with Crippen LogP contribution in [0.15, 0.2) is 72.1 Å². The van der Waals surface area contributed by atoms with Crippen LogP contribution in [0.25, 0.3) is 0 Å². The average molecular weight is 522 g/mol. The van der Waals surface area contributed by atoms with E-state index in [4.69, 9.17) is 9.47 Å². The lowest BCUT2D eigenvalue weighted by atomic mass is 10.0. The highest BCUT2D eigenvalue weighted by atomic mass is 32.1. The number of ether oxygens (including phenoxy) is 2. The first-order valence-electron chi connectivity index (χ1n) is 12.2. The smallest absolute Gasteiger partial charge is 0.261 e. The Morgan fingerprint density at radius 2 is 1.84 bits per heavy atom. The van der Waals surface area contributed by atoms with E-state index in [1.807, 2.05) is 54.6 Å². The van der Waals surface area contributed by atoms with E-state index in [2.05, 4.69) is 10.6 Å². The van der Waals surface area contributed by atoms with Crippen molar-refractivity contribution < 1.29 is 23.9 Å². The largest absolute Gasteiger partial charge is 0.497 e. The first kappa shape index (κ1) is 26.4. The van der Waals surface area contributed by atoms with Crippen molar-refractivity contribution in [3.8, 4) is 5.75 Å². The minimum Gasteiger partial charge on any atom is -0.497 e. The van der Waals surface area contributed by atoms with E-state index in [-0.39, 0.29) is 36.9 Å². The lowest BCUT2D eigenvalue weighted by Crippen LogP contribution is -2.47. The van der Waals surface area contributed by atoms with Crippen LogP contribution in [0.2, 0.25) is 0 Å². The summed E-state index contributed by atoms with van der Waals surface area (Å²) in [4.78, 5) is 41.7. The van der Waals surface area contributed by atoms with Crippen molar-refractivity contribution in [2.24, 2.45) is 0 Å². The van der Waals surface area contributed by atoms with Gasteiger partial charge in [0.05, 0.1) is 24.6 Å². The zero-order chi connectivity index (χ0) is 26.0. The number of rotatable bonds is 11. The first-order chi connectivity index (χ1) is 18.0. The number of thiophene rings is 1. The Labute approximate surface area is 220 Å². The van der Waals surface area contributed by atoms with Crippen LogP contribution in [0.4, 0.5) is 0 Å². The lowest BCUT2D eigenvalue weighted by Gasteiger charge is -2.32. The molecule has 3 amide bonds. The fourth-order valence-electron chi connectivity index (χ4n) is 4.23. The van der Waals surface area contributed by atoms with Gasteiger partial charge in [0.25, 0.3) is 5.91 Å². The third-order valence-corrected chi connectivity index (χ3v) is 7.05. The fraction of sp³-hybridized carbons (Fsp3) is 0.321. The van der Waals surface area contributed by atoms with Gasteiger partial charge in [0, 0.05) is 19.7 Å². The molecule has 8 nitrogen and oxygen atoms in total. The molecule has 1 fully saturated rings. The molecule has 1 saturated heterocycles. The highest BCUT2D eigenvalue weighted by molar-refractivity contribution is 7.12. The quantitative estimate of drug-likeness (QED) is 0.402. The van der Waals surface area contributed by atoms with E-state index in [9.17, 15) is 14.4 Å². The SMILES string of the molecule is COc1ccc(CN(C(=O)CNC(=O)c2cccs2)[C@@H](C(=O)NC[C@H]2CCCO2)c2ccccc2)cc1. The molecule has 0 radical (unpaired) electrons. The normalized spacial score (nSPS) is 15.5. The maximum Gasteiger partial charge on any atom is 0.261 e. The summed E-state index contributed by atoms with van der Waals surface area (Å²) >= 11 is 1.30. The second-order valence-corrected chi connectivity index (χ2v) is 9.67. The predicted molar refractivity (Wildman–Crippen MR) is 141 cm³/mol. The fourth-order valence-corrected chi connectivity index (χ4v) is 4.87. The van der Waals surface area contributed by atoms with Crippen LogP contribution in [0, 0.1) is 0 Å². The Kier molecular flexibility index (Phi) is 9.29. The van der Waals surface area contributed by atoms with Crippen LogP contribution >= 0.6 is 11.3 Å². The molecule has 2 heterocycles. The molecule has 1 aliphatic heterocycles.